The summed E-state index contributed by atoms with van der Waals surface area (Å²) in [6, 6.07) is 0.988. The maximum absolute atomic E-state index is 12.9. The van der Waals surface area contributed by atoms with Crippen LogP contribution in [0, 0.1) is 5.92 Å². The van der Waals surface area contributed by atoms with Crippen LogP contribution in [0.1, 0.15) is 31.5 Å². The van der Waals surface area contributed by atoms with E-state index in [1.165, 1.54) is 6.20 Å². The molecule has 4 nitrogen and oxygen atoms in total. The van der Waals surface area contributed by atoms with E-state index in [1.54, 1.807) is 6.07 Å². The van der Waals surface area contributed by atoms with Crippen molar-refractivity contribution in [1.82, 2.24) is 15.3 Å². The second kappa shape index (κ2) is 5.73. The summed E-state index contributed by atoms with van der Waals surface area (Å²) in [7, 11) is 0. The fraction of sp³-hybridized carbons (Fsp3) is 0.667. The molecule has 1 fully saturated rings. The van der Waals surface area contributed by atoms with Crippen molar-refractivity contribution in [1.29, 1.82) is 0 Å². The van der Waals surface area contributed by atoms with Gasteiger partial charge in [-0.15, -0.1) is 0 Å². The Balaban J connectivity index is 1.97. The molecule has 1 aliphatic rings. The molecule has 0 aliphatic heterocycles. The third-order valence-corrected chi connectivity index (χ3v) is 3.44. The Bertz CT molecular complexity index is 422. The summed E-state index contributed by atoms with van der Waals surface area (Å²) >= 11 is 0. The number of halogens is 3. The zero-order valence-electron chi connectivity index (χ0n) is 10.5. The van der Waals surface area contributed by atoms with Crippen molar-refractivity contribution < 1.29 is 13.2 Å². The average Bonchev–Trinajstić information content (AvgIpc) is 2.36. The third-order valence-electron chi connectivity index (χ3n) is 3.44. The lowest BCUT2D eigenvalue weighted by Crippen LogP contribution is -2.45. The van der Waals surface area contributed by atoms with E-state index < -0.39 is 18.1 Å². The van der Waals surface area contributed by atoms with Gasteiger partial charge in [-0.25, -0.2) is 9.97 Å². The predicted molar refractivity (Wildman–Crippen MR) is 65.1 cm³/mol. The van der Waals surface area contributed by atoms with E-state index in [4.69, 9.17) is 5.73 Å². The highest BCUT2D eigenvalue weighted by Crippen LogP contribution is 2.37. The Morgan fingerprint density at radius 2 is 2.05 bits per heavy atom. The fourth-order valence-corrected chi connectivity index (χ4v) is 2.49. The first kappa shape index (κ1) is 14.0. The number of nitrogens with one attached hydrogen (secondary N) is 1. The maximum Gasteiger partial charge on any atom is 0.393 e. The number of rotatable bonds is 3. The van der Waals surface area contributed by atoms with Gasteiger partial charge in [-0.3, -0.25) is 0 Å². The van der Waals surface area contributed by atoms with Crippen molar-refractivity contribution in [3.8, 4) is 0 Å². The molecule has 1 aromatic rings. The smallest absolute Gasteiger partial charge is 0.384 e. The average molecular weight is 274 g/mol. The topological polar surface area (TPSA) is 63.8 Å². The maximum atomic E-state index is 12.9. The Morgan fingerprint density at radius 1 is 1.32 bits per heavy atom. The fourth-order valence-electron chi connectivity index (χ4n) is 2.49. The Morgan fingerprint density at radius 3 is 2.74 bits per heavy atom. The minimum absolute atomic E-state index is 0.193. The van der Waals surface area contributed by atoms with E-state index in [9.17, 15) is 13.2 Å². The first-order valence-corrected chi connectivity index (χ1v) is 6.34. The van der Waals surface area contributed by atoms with Gasteiger partial charge in [0.1, 0.15) is 11.6 Å². The van der Waals surface area contributed by atoms with Gasteiger partial charge in [-0.2, -0.15) is 13.2 Å². The van der Waals surface area contributed by atoms with Crippen LogP contribution in [0.2, 0.25) is 0 Å². The van der Waals surface area contributed by atoms with Crippen LogP contribution in [0.25, 0.3) is 0 Å². The molecule has 0 aromatic carbocycles. The molecule has 1 heterocycles. The van der Waals surface area contributed by atoms with Crippen molar-refractivity contribution >= 4 is 5.82 Å². The summed E-state index contributed by atoms with van der Waals surface area (Å²) in [6.45, 7) is 0.211. The van der Waals surface area contributed by atoms with E-state index in [-0.39, 0.29) is 13.0 Å². The predicted octanol–water partition coefficient (Wildman–Crippen LogP) is 2.27. The highest BCUT2D eigenvalue weighted by molar-refractivity contribution is 5.24. The number of nitrogens with two attached hydrogens (primary N) is 1. The summed E-state index contributed by atoms with van der Waals surface area (Å²) in [5.41, 5.74) is 5.50. The highest BCUT2D eigenvalue weighted by Gasteiger charge is 2.45. The van der Waals surface area contributed by atoms with Gasteiger partial charge in [0, 0.05) is 12.2 Å². The Kier molecular flexibility index (Phi) is 4.24. The molecule has 106 valence electrons. The number of anilines is 1. The van der Waals surface area contributed by atoms with Crippen molar-refractivity contribution in [2.75, 3.05) is 5.73 Å². The second-order valence-corrected chi connectivity index (χ2v) is 4.82. The van der Waals surface area contributed by atoms with E-state index in [0.29, 0.717) is 24.5 Å². The highest BCUT2D eigenvalue weighted by atomic mass is 19.4. The molecular weight excluding hydrogens is 257 g/mol. The minimum atomic E-state index is -4.14. The summed E-state index contributed by atoms with van der Waals surface area (Å²) in [4.78, 5) is 7.94. The van der Waals surface area contributed by atoms with Gasteiger partial charge in [-0.1, -0.05) is 12.8 Å². The summed E-state index contributed by atoms with van der Waals surface area (Å²) in [6.07, 6.45) is -0.458. The van der Waals surface area contributed by atoms with Crippen LogP contribution >= 0.6 is 0 Å². The van der Waals surface area contributed by atoms with Crippen molar-refractivity contribution in [3.63, 3.8) is 0 Å². The Hall–Kier alpha value is -1.37. The third kappa shape index (κ3) is 3.79. The van der Waals surface area contributed by atoms with Gasteiger partial charge >= 0.3 is 6.18 Å². The molecule has 0 bridgehead atoms. The molecule has 0 radical (unpaired) electrons. The number of hydrogen-bond acceptors (Lipinski definition) is 4. The number of alkyl halides is 3. The van der Waals surface area contributed by atoms with Crippen LogP contribution in [0.4, 0.5) is 19.0 Å². The second-order valence-electron chi connectivity index (χ2n) is 4.82. The van der Waals surface area contributed by atoms with Gasteiger partial charge in [0.05, 0.1) is 12.5 Å². The first-order chi connectivity index (χ1) is 8.97. The van der Waals surface area contributed by atoms with Gasteiger partial charge in [-0.05, 0) is 18.9 Å². The number of nitrogens with zero attached hydrogens (tertiary/aromatic N) is 2. The van der Waals surface area contributed by atoms with E-state index >= 15 is 0 Å². The normalized spacial score (nSPS) is 24.4. The molecule has 7 heteroatoms. The number of aromatic nitrogens is 2. The molecule has 0 amide bonds. The van der Waals surface area contributed by atoms with Crippen LogP contribution in [0.5, 0.6) is 0 Å². The molecule has 1 saturated carbocycles. The lowest BCUT2D eigenvalue weighted by Gasteiger charge is -2.33. The van der Waals surface area contributed by atoms with Crippen LogP contribution < -0.4 is 11.1 Å². The molecule has 19 heavy (non-hydrogen) atoms. The van der Waals surface area contributed by atoms with Crippen molar-refractivity contribution in [2.24, 2.45) is 5.92 Å². The molecule has 1 aromatic heterocycles. The summed E-state index contributed by atoms with van der Waals surface area (Å²) in [5.74, 6) is -0.531. The van der Waals surface area contributed by atoms with Gasteiger partial charge in [0.25, 0.3) is 0 Å². The van der Waals surface area contributed by atoms with Crippen molar-refractivity contribution in [2.45, 2.75) is 44.4 Å². The summed E-state index contributed by atoms with van der Waals surface area (Å²) < 4.78 is 38.7. The molecule has 2 atom stereocenters. The SMILES string of the molecule is Nc1ccnc(CN[C@@H]2CCCC[C@H]2C(F)(F)F)n1. The molecule has 0 spiro atoms. The van der Waals surface area contributed by atoms with Crippen LogP contribution in [0.15, 0.2) is 12.3 Å². The molecule has 2 rings (SSSR count). The van der Waals surface area contributed by atoms with Crippen LogP contribution in [-0.4, -0.2) is 22.2 Å². The van der Waals surface area contributed by atoms with Crippen LogP contribution in [-0.2, 0) is 6.54 Å². The van der Waals surface area contributed by atoms with E-state index in [0.717, 1.165) is 6.42 Å². The van der Waals surface area contributed by atoms with E-state index in [2.05, 4.69) is 15.3 Å². The van der Waals surface area contributed by atoms with Gasteiger partial charge in [0.2, 0.25) is 0 Å². The lowest BCUT2D eigenvalue weighted by atomic mass is 9.84. The molecule has 0 unspecified atom stereocenters. The molecule has 3 N–H and O–H groups in total. The zero-order chi connectivity index (χ0) is 13.9. The van der Waals surface area contributed by atoms with Crippen molar-refractivity contribution in [3.05, 3.63) is 18.1 Å². The monoisotopic (exact) mass is 274 g/mol. The van der Waals surface area contributed by atoms with Gasteiger partial charge in [0.15, 0.2) is 0 Å². The lowest BCUT2D eigenvalue weighted by molar-refractivity contribution is -0.189. The molecule has 0 saturated heterocycles. The summed E-state index contributed by atoms with van der Waals surface area (Å²) in [5, 5.41) is 2.92. The minimum Gasteiger partial charge on any atom is -0.384 e. The Labute approximate surface area is 109 Å². The van der Waals surface area contributed by atoms with Crippen LogP contribution in [0.3, 0.4) is 0 Å². The number of nitrogen functional groups attached to an aromatic ring is 1. The molecule has 1 aliphatic carbocycles. The first-order valence-electron chi connectivity index (χ1n) is 6.34. The standard InChI is InChI=1S/C12H17F3N4/c13-12(14,15)8-3-1-2-4-9(8)18-7-11-17-6-5-10(16)19-11/h5-6,8-9,18H,1-4,7H2,(H2,16,17,19)/t8-,9-/m1/s1. The van der Waals surface area contributed by atoms with E-state index in [1.807, 2.05) is 0 Å². The number of hydrogen-bond donors (Lipinski definition) is 2. The molecular formula is C12H17F3N4. The van der Waals surface area contributed by atoms with Gasteiger partial charge < -0.3 is 11.1 Å². The largest absolute Gasteiger partial charge is 0.393 e. The quantitative estimate of drug-likeness (QED) is 0.887. The zero-order valence-corrected chi connectivity index (χ0v) is 10.5.